The molecule has 6 heteroatoms. The van der Waals surface area contributed by atoms with E-state index in [0.717, 1.165) is 0 Å². The van der Waals surface area contributed by atoms with E-state index in [1.54, 1.807) is 40.5 Å². The summed E-state index contributed by atoms with van der Waals surface area (Å²) in [5, 5.41) is 7.42. The number of aromatic nitrogens is 4. The first kappa shape index (κ1) is 12.2. The molecule has 2 heterocycles. The molecule has 94 valence electrons. The molecule has 0 unspecified atom stereocenters. The lowest BCUT2D eigenvalue weighted by molar-refractivity contribution is 0.0772. The number of nitrogens with zero attached hydrogens (tertiary/aromatic N) is 5. The summed E-state index contributed by atoms with van der Waals surface area (Å²) in [6.45, 7) is 5.31. The van der Waals surface area contributed by atoms with Crippen molar-refractivity contribution >= 4 is 5.91 Å². The third-order valence-corrected chi connectivity index (χ3v) is 2.73. The first-order valence-corrected chi connectivity index (χ1v) is 5.86. The number of hydrogen-bond donors (Lipinski definition) is 0. The molecule has 0 saturated heterocycles. The molecule has 0 radical (unpaired) electrons. The second-order valence-electron chi connectivity index (χ2n) is 3.75. The lowest BCUT2D eigenvalue weighted by Crippen LogP contribution is -2.30. The quantitative estimate of drug-likeness (QED) is 0.810. The first-order valence-electron chi connectivity index (χ1n) is 5.86. The largest absolute Gasteiger partial charge is 0.339 e. The zero-order valence-corrected chi connectivity index (χ0v) is 10.4. The Morgan fingerprint density at radius 3 is 2.39 bits per heavy atom. The molecule has 18 heavy (non-hydrogen) atoms. The van der Waals surface area contributed by atoms with Crippen LogP contribution < -0.4 is 0 Å². The van der Waals surface area contributed by atoms with E-state index < -0.39 is 0 Å². The molecule has 1 amide bonds. The smallest absolute Gasteiger partial charge is 0.255 e. The van der Waals surface area contributed by atoms with E-state index in [0.29, 0.717) is 24.5 Å². The van der Waals surface area contributed by atoms with Gasteiger partial charge >= 0.3 is 0 Å². The Labute approximate surface area is 105 Å². The topological polar surface area (TPSA) is 63.9 Å². The summed E-state index contributed by atoms with van der Waals surface area (Å²) in [4.78, 5) is 18.0. The van der Waals surface area contributed by atoms with E-state index in [1.807, 2.05) is 13.8 Å². The van der Waals surface area contributed by atoms with Crippen LogP contribution in [0.1, 0.15) is 24.2 Å². The van der Waals surface area contributed by atoms with Gasteiger partial charge in [-0.05, 0) is 26.0 Å². The third-order valence-electron chi connectivity index (χ3n) is 2.73. The molecule has 0 saturated carbocycles. The average molecular weight is 245 g/mol. The van der Waals surface area contributed by atoms with Crippen LogP contribution >= 0.6 is 0 Å². The summed E-state index contributed by atoms with van der Waals surface area (Å²) in [6, 6.07) is 3.54. The van der Waals surface area contributed by atoms with Gasteiger partial charge in [0.25, 0.3) is 5.91 Å². The van der Waals surface area contributed by atoms with Crippen LogP contribution in [0.3, 0.4) is 0 Å². The van der Waals surface area contributed by atoms with Gasteiger partial charge in [-0.15, -0.1) is 10.2 Å². The lowest BCUT2D eigenvalue weighted by Gasteiger charge is -2.18. The van der Waals surface area contributed by atoms with E-state index in [9.17, 15) is 4.79 Å². The number of amides is 1. The van der Waals surface area contributed by atoms with Crippen LogP contribution in [0.15, 0.2) is 31.0 Å². The molecule has 0 bridgehead atoms. The Kier molecular flexibility index (Phi) is 3.66. The Balaban J connectivity index is 2.20. The number of carbonyl (C=O) groups is 1. The monoisotopic (exact) mass is 245 g/mol. The van der Waals surface area contributed by atoms with Crippen LogP contribution in [0.25, 0.3) is 5.82 Å². The number of hydrogen-bond acceptors (Lipinski definition) is 4. The molecule has 2 aromatic rings. The standard InChI is InChI=1S/C12H15N5O/c1-3-16(4-2)12(18)10-5-6-11(13-7-10)17-8-14-15-9-17/h5-9H,3-4H2,1-2H3. The molecule has 0 aliphatic rings. The average Bonchev–Trinajstić information content (AvgIpc) is 2.94. The summed E-state index contributed by atoms with van der Waals surface area (Å²) in [5.41, 5.74) is 0.593. The normalized spacial score (nSPS) is 10.3. The van der Waals surface area contributed by atoms with Crippen LogP contribution in [-0.2, 0) is 0 Å². The van der Waals surface area contributed by atoms with Crippen molar-refractivity contribution in [2.45, 2.75) is 13.8 Å². The van der Waals surface area contributed by atoms with Crippen molar-refractivity contribution in [3.05, 3.63) is 36.5 Å². The number of pyridine rings is 1. The third kappa shape index (κ3) is 2.37. The highest BCUT2D eigenvalue weighted by Crippen LogP contribution is 2.07. The molecule has 2 rings (SSSR count). The highest BCUT2D eigenvalue weighted by atomic mass is 16.2. The second kappa shape index (κ2) is 5.39. The highest BCUT2D eigenvalue weighted by Gasteiger charge is 2.12. The maximum Gasteiger partial charge on any atom is 0.255 e. The summed E-state index contributed by atoms with van der Waals surface area (Å²) in [6.07, 6.45) is 4.71. The Morgan fingerprint density at radius 2 is 1.89 bits per heavy atom. The van der Waals surface area contributed by atoms with E-state index in [-0.39, 0.29) is 5.91 Å². The maximum absolute atomic E-state index is 12.1. The molecule has 6 nitrogen and oxygen atoms in total. The Morgan fingerprint density at radius 1 is 1.22 bits per heavy atom. The van der Waals surface area contributed by atoms with Crippen molar-refractivity contribution in [1.82, 2.24) is 24.6 Å². The fraction of sp³-hybridized carbons (Fsp3) is 0.333. The summed E-state index contributed by atoms with van der Waals surface area (Å²) in [7, 11) is 0. The van der Waals surface area contributed by atoms with E-state index >= 15 is 0 Å². The number of rotatable bonds is 4. The van der Waals surface area contributed by atoms with Crippen LogP contribution in [-0.4, -0.2) is 43.6 Å². The van der Waals surface area contributed by atoms with Gasteiger partial charge in [-0.25, -0.2) is 4.98 Å². The fourth-order valence-electron chi connectivity index (χ4n) is 1.68. The van der Waals surface area contributed by atoms with Crippen molar-refractivity contribution in [1.29, 1.82) is 0 Å². The number of carbonyl (C=O) groups excluding carboxylic acids is 1. The summed E-state index contributed by atoms with van der Waals surface area (Å²) < 4.78 is 1.69. The van der Waals surface area contributed by atoms with Crippen molar-refractivity contribution in [2.75, 3.05) is 13.1 Å². The maximum atomic E-state index is 12.1. The van der Waals surface area contributed by atoms with Crippen LogP contribution in [0.5, 0.6) is 0 Å². The first-order chi connectivity index (χ1) is 8.76. The molecule has 0 fully saturated rings. The van der Waals surface area contributed by atoms with Gasteiger partial charge in [0, 0.05) is 19.3 Å². The van der Waals surface area contributed by atoms with Gasteiger partial charge in [0.2, 0.25) is 0 Å². The van der Waals surface area contributed by atoms with E-state index in [1.165, 1.54) is 0 Å². The minimum Gasteiger partial charge on any atom is -0.339 e. The van der Waals surface area contributed by atoms with Crippen molar-refractivity contribution in [3.8, 4) is 5.82 Å². The van der Waals surface area contributed by atoms with E-state index in [4.69, 9.17) is 0 Å². The highest BCUT2D eigenvalue weighted by molar-refractivity contribution is 5.93. The Hall–Kier alpha value is -2.24. The molecular weight excluding hydrogens is 230 g/mol. The molecule has 0 aromatic carbocycles. The molecule has 2 aromatic heterocycles. The Bertz CT molecular complexity index is 502. The molecular formula is C12H15N5O. The van der Waals surface area contributed by atoms with Crippen LogP contribution in [0.4, 0.5) is 0 Å². The van der Waals surface area contributed by atoms with Crippen LogP contribution in [0.2, 0.25) is 0 Å². The summed E-state index contributed by atoms with van der Waals surface area (Å²) >= 11 is 0. The zero-order chi connectivity index (χ0) is 13.0. The molecule has 0 spiro atoms. The van der Waals surface area contributed by atoms with Gasteiger partial charge in [0.05, 0.1) is 5.56 Å². The zero-order valence-electron chi connectivity index (χ0n) is 10.4. The van der Waals surface area contributed by atoms with Gasteiger partial charge in [0.1, 0.15) is 18.5 Å². The van der Waals surface area contributed by atoms with Gasteiger partial charge in [-0.3, -0.25) is 9.36 Å². The molecule has 0 atom stereocenters. The van der Waals surface area contributed by atoms with Crippen LogP contribution in [0, 0.1) is 0 Å². The predicted molar refractivity (Wildman–Crippen MR) is 66.4 cm³/mol. The molecule has 0 aliphatic carbocycles. The van der Waals surface area contributed by atoms with Crippen molar-refractivity contribution in [3.63, 3.8) is 0 Å². The van der Waals surface area contributed by atoms with Gasteiger partial charge in [0.15, 0.2) is 0 Å². The predicted octanol–water partition coefficient (Wildman–Crippen LogP) is 1.14. The molecule has 0 N–H and O–H groups in total. The summed E-state index contributed by atoms with van der Waals surface area (Å²) in [5.74, 6) is 0.693. The molecule has 0 aliphatic heterocycles. The van der Waals surface area contributed by atoms with Gasteiger partial charge in [-0.1, -0.05) is 0 Å². The van der Waals surface area contributed by atoms with Crippen molar-refractivity contribution < 1.29 is 4.79 Å². The minimum atomic E-state index is 0.00260. The second-order valence-corrected chi connectivity index (χ2v) is 3.75. The van der Waals surface area contributed by atoms with Gasteiger partial charge in [-0.2, -0.15) is 0 Å². The minimum absolute atomic E-state index is 0.00260. The van der Waals surface area contributed by atoms with Gasteiger partial charge < -0.3 is 4.90 Å². The van der Waals surface area contributed by atoms with Crippen molar-refractivity contribution in [2.24, 2.45) is 0 Å². The lowest BCUT2D eigenvalue weighted by atomic mass is 10.2. The van der Waals surface area contributed by atoms with E-state index in [2.05, 4.69) is 15.2 Å². The fourth-order valence-corrected chi connectivity index (χ4v) is 1.68. The SMILES string of the molecule is CCN(CC)C(=O)c1ccc(-n2cnnc2)nc1.